The summed E-state index contributed by atoms with van der Waals surface area (Å²) in [6.07, 6.45) is 6.46. The summed E-state index contributed by atoms with van der Waals surface area (Å²) in [4.78, 5) is 42.2. The Kier molecular flexibility index (Phi) is 5.35. The van der Waals surface area contributed by atoms with Crippen LogP contribution in [0.5, 0.6) is 0 Å². The van der Waals surface area contributed by atoms with Crippen LogP contribution in [0.15, 0.2) is 0 Å². The van der Waals surface area contributed by atoms with Gasteiger partial charge in [0.15, 0.2) is 0 Å². The van der Waals surface area contributed by atoms with Gasteiger partial charge in [-0.1, -0.05) is 26.2 Å². The monoisotopic (exact) mass is 350 g/mol. The molecule has 3 rings (SSSR count). The van der Waals surface area contributed by atoms with Gasteiger partial charge in [-0.15, -0.1) is 0 Å². The van der Waals surface area contributed by atoms with Crippen LogP contribution in [-0.2, 0) is 19.1 Å². The highest BCUT2D eigenvalue weighted by Crippen LogP contribution is 2.43. The van der Waals surface area contributed by atoms with E-state index in [-0.39, 0.29) is 36.5 Å². The minimum absolute atomic E-state index is 0.00408. The van der Waals surface area contributed by atoms with E-state index in [1.807, 2.05) is 11.8 Å². The molecule has 6 heteroatoms. The van der Waals surface area contributed by atoms with E-state index in [4.69, 9.17) is 4.74 Å². The number of hydrogen-bond acceptors (Lipinski definition) is 4. The number of hydrogen-bond donors (Lipinski definition) is 0. The number of fused-ring (bicyclic) bond motifs is 3. The highest BCUT2D eigenvalue weighted by Gasteiger charge is 2.55. The lowest BCUT2D eigenvalue weighted by molar-refractivity contribution is -0.170. The first-order valence-electron chi connectivity index (χ1n) is 9.82. The maximum Gasteiger partial charge on any atom is 0.328 e. The second-order valence-electron chi connectivity index (χ2n) is 7.59. The third-order valence-corrected chi connectivity index (χ3v) is 6.11. The molecule has 3 fully saturated rings. The molecule has 6 nitrogen and oxygen atoms in total. The molecule has 5 atom stereocenters. The van der Waals surface area contributed by atoms with E-state index in [9.17, 15) is 14.4 Å². The van der Waals surface area contributed by atoms with Crippen LogP contribution in [0, 0.1) is 5.92 Å². The minimum atomic E-state index is -0.652. The van der Waals surface area contributed by atoms with Crippen molar-refractivity contribution < 1.29 is 19.1 Å². The fourth-order valence-electron chi connectivity index (χ4n) is 5.00. The van der Waals surface area contributed by atoms with Crippen molar-refractivity contribution in [1.29, 1.82) is 0 Å². The standard InChI is InChI=1S/C19H30N2O4/c1-4-8-15(19(24)25-5-2)20-12(3)17(22)21-14-10-7-6-9-13(14)11-16(21)18(20)23/h12-16H,4-11H2,1-3H3. The first kappa shape index (κ1) is 18.2. The smallest absolute Gasteiger partial charge is 0.328 e. The van der Waals surface area contributed by atoms with Crippen LogP contribution in [0.25, 0.3) is 0 Å². The molecule has 3 aliphatic rings. The zero-order valence-electron chi connectivity index (χ0n) is 15.6. The molecule has 0 N–H and O–H groups in total. The normalized spacial score (nSPS) is 33.1. The van der Waals surface area contributed by atoms with Crippen LogP contribution in [-0.4, -0.2) is 58.4 Å². The molecule has 0 bridgehead atoms. The highest BCUT2D eigenvalue weighted by molar-refractivity contribution is 5.99. The number of amides is 2. The van der Waals surface area contributed by atoms with Gasteiger partial charge in [0, 0.05) is 6.04 Å². The van der Waals surface area contributed by atoms with E-state index >= 15 is 0 Å². The van der Waals surface area contributed by atoms with Crippen molar-refractivity contribution in [2.24, 2.45) is 5.92 Å². The molecular weight excluding hydrogens is 320 g/mol. The predicted octanol–water partition coefficient (Wildman–Crippen LogP) is 2.11. The van der Waals surface area contributed by atoms with E-state index in [1.165, 1.54) is 11.3 Å². The SMILES string of the molecule is CCCC(C(=O)OCC)N1C(=O)C2CC3CCCCC3N2C(=O)C1C. The molecule has 2 saturated heterocycles. The number of esters is 1. The van der Waals surface area contributed by atoms with Crippen molar-refractivity contribution in [2.45, 2.75) is 89.9 Å². The van der Waals surface area contributed by atoms with E-state index < -0.39 is 12.1 Å². The lowest BCUT2D eigenvalue weighted by Gasteiger charge is -2.45. The number of ether oxygens (including phenoxy) is 1. The van der Waals surface area contributed by atoms with Gasteiger partial charge in [0.1, 0.15) is 18.1 Å². The van der Waals surface area contributed by atoms with Crippen LogP contribution in [0.2, 0.25) is 0 Å². The second-order valence-corrected chi connectivity index (χ2v) is 7.59. The van der Waals surface area contributed by atoms with Gasteiger partial charge in [0.2, 0.25) is 11.8 Å². The summed E-state index contributed by atoms with van der Waals surface area (Å²) in [5, 5.41) is 0. The number of carbonyl (C=O) groups is 3. The van der Waals surface area contributed by atoms with Gasteiger partial charge < -0.3 is 14.5 Å². The molecule has 2 aliphatic heterocycles. The molecule has 0 aromatic heterocycles. The molecule has 2 amide bonds. The lowest BCUT2D eigenvalue weighted by atomic mass is 9.85. The molecule has 5 unspecified atom stereocenters. The summed E-state index contributed by atoms with van der Waals surface area (Å²) >= 11 is 0. The molecule has 0 radical (unpaired) electrons. The predicted molar refractivity (Wildman–Crippen MR) is 92.6 cm³/mol. The summed E-state index contributed by atoms with van der Waals surface area (Å²) in [7, 11) is 0. The Labute approximate surface area is 149 Å². The third-order valence-electron chi connectivity index (χ3n) is 6.11. The first-order valence-corrected chi connectivity index (χ1v) is 9.82. The van der Waals surface area contributed by atoms with Crippen LogP contribution in [0.1, 0.15) is 65.7 Å². The maximum absolute atomic E-state index is 13.3. The summed E-state index contributed by atoms with van der Waals surface area (Å²) in [6.45, 7) is 5.78. The summed E-state index contributed by atoms with van der Waals surface area (Å²) in [6, 6.07) is -1.41. The summed E-state index contributed by atoms with van der Waals surface area (Å²) in [5.74, 6) is -0.00960. The van der Waals surface area contributed by atoms with E-state index in [0.717, 1.165) is 32.1 Å². The number of piperazine rings is 1. The molecule has 0 spiro atoms. The van der Waals surface area contributed by atoms with Gasteiger partial charge in [0.05, 0.1) is 6.61 Å². The number of rotatable bonds is 5. The highest BCUT2D eigenvalue weighted by atomic mass is 16.5. The van der Waals surface area contributed by atoms with Gasteiger partial charge in [-0.25, -0.2) is 4.79 Å². The van der Waals surface area contributed by atoms with Crippen LogP contribution in [0.3, 0.4) is 0 Å². The molecule has 1 aliphatic carbocycles. The van der Waals surface area contributed by atoms with Gasteiger partial charge in [0.25, 0.3) is 0 Å². The Hall–Kier alpha value is -1.59. The molecular formula is C19H30N2O4. The average molecular weight is 350 g/mol. The molecule has 2 heterocycles. The molecule has 0 aromatic rings. The second kappa shape index (κ2) is 7.34. The van der Waals surface area contributed by atoms with Gasteiger partial charge in [-0.05, 0) is 45.4 Å². The topological polar surface area (TPSA) is 66.9 Å². The summed E-state index contributed by atoms with van der Waals surface area (Å²) in [5.41, 5.74) is 0. The summed E-state index contributed by atoms with van der Waals surface area (Å²) < 4.78 is 5.19. The minimum Gasteiger partial charge on any atom is -0.464 e. The Morgan fingerprint density at radius 2 is 1.92 bits per heavy atom. The van der Waals surface area contributed by atoms with Gasteiger partial charge >= 0.3 is 5.97 Å². The van der Waals surface area contributed by atoms with Crippen molar-refractivity contribution in [3.05, 3.63) is 0 Å². The van der Waals surface area contributed by atoms with Crippen molar-refractivity contribution >= 4 is 17.8 Å². The van der Waals surface area contributed by atoms with Crippen LogP contribution < -0.4 is 0 Å². The quantitative estimate of drug-likeness (QED) is 0.712. The van der Waals surface area contributed by atoms with Crippen molar-refractivity contribution in [3.8, 4) is 0 Å². The first-order chi connectivity index (χ1) is 12.0. The fourth-order valence-corrected chi connectivity index (χ4v) is 5.00. The Balaban J connectivity index is 1.88. The molecule has 0 aromatic carbocycles. The largest absolute Gasteiger partial charge is 0.464 e. The van der Waals surface area contributed by atoms with E-state index in [1.54, 1.807) is 13.8 Å². The van der Waals surface area contributed by atoms with Crippen molar-refractivity contribution in [3.63, 3.8) is 0 Å². The Morgan fingerprint density at radius 3 is 2.60 bits per heavy atom. The zero-order chi connectivity index (χ0) is 18.1. The maximum atomic E-state index is 13.3. The van der Waals surface area contributed by atoms with Crippen molar-refractivity contribution in [2.75, 3.05) is 6.61 Å². The lowest BCUT2D eigenvalue weighted by Crippen LogP contribution is -2.67. The molecule has 140 valence electrons. The zero-order valence-corrected chi connectivity index (χ0v) is 15.6. The Bertz CT molecular complexity index is 550. The van der Waals surface area contributed by atoms with E-state index in [0.29, 0.717) is 12.3 Å². The number of carbonyl (C=O) groups excluding carboxylic acids is 3. The Morgan fingerprint density at radius 1 is 1.20 bits per heavy atom. The van der Waals surface area contributed by atoms with Crippen LogP contribution >= 0.6 is 0 Å². The average Bonchev–Trinajstić information content (AvgIpc) is 2.99. The van der Waals surface area contributed by atoms with Crippen molar-refractivity contribution in [1.82, 2.24) is 9.80 Å². The fraction of sp³-hybridized carbons (Fsp3) is 0.842. The van der Waals surface area contributed by atoms with E-state index in [2.05, 4.69) is 0 Å². The third kappa shape index (κ3) is 3.04. The number of nitrogens with zero attached hydrogens (tertiary/aromatic N) is 2. The van der Waals surface area contributed by atoms with Gasteiger partial charge in [-0.2, -0.15) is 0 Å². The van der Waals surface area contributed by atoms with Gasteiger partial charge in [-0.3, -0.25) is 9.59 Å². The molecule has 25 heavy (non-hydrogen) atoms. The molecule has 1 saturated carbocycles. The van der Waals surface area contributed by atoms with Crippen LogP contribution in [0.4, 0.5) is 0 Å².